The summed E-state index contributed by atoms with van der Waals surface area (Å²) in [5.74, 6) is 0. The highest BCUT2D eigenvalue weighted by atomic mass is 35.5. The third-order valence-electron chi connectivity index (χ3n) is 2.62. The molecule has 86 valence electrons. The maximum atomic E-state index is 6.15. The number of benzene rings is 1. The van der Waals surface area contributed by atoms with Gasteiger partial charge >= 0.3 is 0 Å². The Bertz CT molecular complexity index is 380. The van der Waals surface area contributed by atoms with Crippen molar-refractivity contribution < 1.29 is 9.57 Å². The van der Waals surface area contributed by atoms with Crippen molar-refractivity contribution in [3.63, 3.8) is 0 Å². The highest BCUT2D eigenvalue weighted by Crippen LogP contribution is 2.37. The predicted molar refractivity (Wildman–Crippen MR) is 62.5 cm³/mol. The maximum absolute atomic E-state index is 6.15. The molecule has 2 unspecified atom stereocenters. The molecule has 0 aromatic heterocycles. The number of hydroxylamine groups is 2. The summed E-state index contributed by atoms with van der Waals surface area (Å²) in [7, 11) is 1.64. The molecule has 0 saturated heterocycles. The Morgan fingerprint density at radius 3 is 2.69 bits per heavy atom. The number of hydrogen-bond donors (Lipinski definition) is 0. The average molecular weight is 240 g/mol. The second-order valence-electron chi connectivity index (χ2n) is 3.62. The zero-order chi connectivity index (χ0) is 11.5. The SMILES string of the molecule is COC(C)N1OC=C(Cl)C1c1ccccc1. The quantitative estimate of drug-likeness (QED) is 0.809. The van der Waals surface area contributed by atoms with Crippen molar-refractivity contribution in [2.24, 2.45) is 0 Å². The van der Waals surface area contributed by atoms with Gasteiger partial charge < -0.3 is 9.57 Å². The van der Waals surface area contributed by atoms with Crippen LogP contribution in [0.5, 0.6) is 0 Å². The Morgan fingerprint density at radius 2 is 2.06 bits per heavy atom. The number of nitrogens with zero attached hydrogens (tertiary/aromatic N) is 1. The molecule has 2 atom stereocenters. The van der Waals surface area contributed by atoms with E-state index in [0.29, 0.717) is 5.03 Å². The minimum Gasteiger partial charge on any atom is -0.409 e. The van der Waals surface area contributed by atoms with E-state index in [2.05, 4.69) is 0 Å². The van der Waals surface area contributed by atoms with E-state index < -0.39 is 0 Å². The van der Waals surface area contributed by atoms with Crippen LogP contribution >= 0.6 is 11.6 Å². The van der Waals surface area contributed by atoms with E-state index in [1.165, 1.54) is 0 Å². The van der Waals surface area contributed by atoms with Gasteiger partial charge in [0.2, 0.25) is 0 Å². The molecule has 1 aliphatic rings. The normalized spacial score (nSPS) is 22.7. The molecule has 1 aliphatic heterocycles. The molecule has 0 aliphatic carbocycles. The molecule has 1 aromatic rings. The molecule has 0 N–H and O–H groups in total. The van der Waals surface area contributed by atoms with Gasteiger partial charge in [0, 0.05) is 7.11 Å². The van der Waals surface area contributed by atoms with Gasteiger partial charge in [-0.15, -0.1) is 5.06 Å². The first-order chi connectivity index (χ1) is 7.74. The minimum absolute atomic E-state index is 0.0854. The van der Waals surface area contributed by atoms with Crippen LogP contribution in [-0.2, 0) is 9.57 Å². The summed E-state index contributed by atoms with van der Waals surface area (Å²) in [6.07, 6.45) is 1.40. The van der Waals surface area contributed by atoms with E-state index in [-0.39, 0.29) is 12.3 Å². The molecule has 0 amide bonds. The van der Waals surface area contributed by atoms with Gasteiger partial charge in [0.25, 0.3) is 0 Å². The van der Waals surface area contributed by atoms with Crippen LogP contribution in [0.25, 0.3) is 0 Å². The van der Waals surface area contributed by atoms with E-state index in [9.17, 15) is 0 Å². The monoisotopic (exact) mass is 239 g/mol. The standard InChI is InChI=1S/C12H14ClNO2/c1-9(15-2)14-12(11(13)8-16-14)10-6-4-3-5-7-10/h3-9,12H,1-2H3. The molecular formula is C12H14ClNO2. The Kier molecular flexibility index (Phi) is 3.49. The summed E-state index contributed by atoms with van der Waals surface area (Å²) in [5, 5.41) is 2.40. The third kappa shape index (κ3) is 2.07. The van der Waals surface area contributed by atoms with Gasteiger partial charge in [0.1, 0.15) is 18.5 Å². The maximum Gasteiger partial charge on any atom is 0.141 e. The Morgan fingerprint density at radius 1 is 1.38 bits per heavy atom. The minimum atomic E-state index is -0.155. The molecule has 2 rings (SSSR count). The van der Waals surface area contributed by atoms with Crippen molar-refractivity contribution in [2.75, 3.05) is 7.11 Å². The second-order valence-corrected chi connectivity index (χ2v) is 4.05. The van der Waals surface area contributed by atoms with Crippen molar-refractivity contribution in [3.05, 3.63) is 47.2 Å². The van der Waals surface area contributed by atoms with Gasteiger partial charge in [-0.25, -0.2) is 0 Å². The van der Waals surface area contributed by atoms with E-state index in [1.807, 2.05) is 37.3 Å². The lowest BCUT2D eigenvalue weighted by atomic mass is 10.1. The van der Waals surface area contributed by atoms with Crippen LogP contribution in [0.4, 0.5) is 0 Å². The van der Waals surface area contributed by atoms with Crippen molar-refractivity contribution in [2.45, 2.75) is 19.2 Å². The first-order valence-corrected chi connectivity index (χ1v) is 5.50. The molecule has 0 saturated carbocycles. The topological polar surface area (TPSA) is 21.7 Å². The fourth-order valence-corrected chi connectivity index (χ4v) is 1.96. The number of ether oxygens (including phenoxy) is 1. The van der Waals surface area contributed by atoms with Gasteiger partial charge in [-0.3, -0.25) is 0 Å². The molecule has 0 spiro atoms. The fourth-order valence-electron chi connectivity index (χ4n) is 1.70. The predicted octanol–water partition coefficient (Wildman–Crippen LogP) is 3.05. The smallest absolute Gasteiger partial charge is 0.141 e. The average Bonchev–Trinajstić information content (AvgIpc) is 2.71. The zero-order valence-electron chi connectivity index (χ0n) is 9.26. The van der Waals surface area contributed by atoms with Gasteiger partial charge in [0.05, 0.1) is 5.03 Å². The van der Waals surface area contributed by atoms with Crippen LogP contribution in [0.3, 0.4) is 0 Å². The summed E-state index contributed by atoms with van der Waals surface area (Å²) < 4.78 is 5.24. The Labute approximate surface area is 100 Å². The van der Waals surface area contributed by atoms with Crippen molar-refractivity contribution in [1.82, 2.24) is 5.06 Å². The number of methoxy groups -OCH3 is 1. The number of rotatable bonds is 3. The van der Waals surface area contributed by atoms with E-state index >= 15 is 0 Å². The van der Waals surface area contributed by atoms with Crippen LogP contribution in [0.1, 0.15) is 18.5 Å². The Hall–Kier alpha value is -1.03. The zero-order valence-corrected chi connectivity index (χ0v) is 10.0. The summed E-state index contributed by atoms with van der Waals surface area (Å²) in [6.45, 7) is 1.92. The third-order valence-corrected chi connectivity index (χ3v) is 2.91. The highest BCUT2D eigenvalue weighted by Gasteiger charge is 2.33. The largest absolute Gasteiger partial charge is 0.409 e. The summed E-state index contributed by atoms with van der Waals surface area (Å²) in [4.78, 5) is 5.40. The van der Waals surface area contributed by atoms with E-state index in [1.54, 1.807) is 18.4 Å². The lowest BCUT2D eigenvalue weighted by molar-refractivity contribution is -0.208. The Balaban J connectivity index is 2.26. The van der Waals surface area contributed by atoms with Gasteiger partial charge in [-0.05, 0) is 12.5 Å². The van der Waals surface area contributed by atoms with Crippen molar-refractivity contribution in [3.8, 4) is 0 Å². The van der Waals surface area contributed by atoms with E-state index in [4.69, 9.17) is 21.2 Å². The second kappa shape index (κ2) is 4.87. The lowest BCUT2D eigenvalue weighted by Crippen LogP contribution is -2.33. The summed E-state index contributed by atoms with van der Waals surface area (Å²) >= 11 is 6.15. The molecule has 3 nitrogen and oxygen atoms in total. The van der Waals surface area contributed by atoms with Crippen LogP contribution in [0.2, 0.25) is 0 Å². The molecule has 0 bridgehead atoms. The van der Waals surface area contributed by atoms with E-state index in [0.717, 1.165) is 5.56 Å². The number of halogens is 1. The highest BCUT2D eigenvalue weighted by molar-refractivity contribution is 6.30. The van der Waals surface area contributed by atoms with Crippen LogP contribution in [0, 0.1) is 0 Å². The molecule has 0 radical (unpaired) electrons. The lowest BCUT2D eigenvalue weighted by Gasteiger charge is -2.27. The molecule has 4 heteroatoms. The molecule has 1 aromatic carbocycles. The van der Waals surface area contributed by atoms with Gasteiger partial charge in [-0.1, -0.05) is 41.9 Å². The molecule has 0 fully saturated rings. The van der Waals surface area contributed by atoms with Crippen molar-refractivity contribution in [1.29, 1.82) is 0 Å². The fraction of sp³-hybridized carbons (Fsp3) is 0.333. The molecule has 16 heavy (non-hydrogen) atoms. The first kappa shape index (κ1) is 11.5. The summed E-state index contributed by atoms with van der Waals surface area (Å²) in [6, 6.07) is 9.88. The van der Waals surface area contributed by atoms with Gasteiger partial charge in [0.15, 0.2) is 0 Å². The van der Waals surface area contributed by atoms with Crippen molar-refractivity contribution >= 4 is 11.6 Å². The molecular weight excluding hydrogens is 226 g/mol. The number of hydrogen-bond acceptors (Lipinski definition) is 3. The van der Waals surface area contributed by atoms with Gasteiger partial charge in [-0.2, -0.15) is 0 Å². The summed E-state index contributed by atoms with van der Waals surface area (Å²) in [5.41, 5.74) is 1.09. The van der Waals surface area contributed by atoms with Crippen LogP contribution < -0.4 is 0 Å². The van der Waals surface area contributed by atoms with Crippen LogP contribution in [0.15, 0.2) is 41.6 Å². The first-order valence-electron chi connectivity index (χ1n) is 5.12. The molecule has 1 heterocycles. The van der Waals surface area contributed by atoms with Crippen LogP contribution in [-0.4, -0.2) is 18.4 Å².